The number of aliphatic hydroxyl groups is 1. The van der Waals surface area contributed by atoms with E-state index in [9.17, 15) is 5.11 Å². The highest BCUT2D eigenvalue weighted by molar-refractivity contribution is 6.10. The van der Waals surface area contributed by atoms with E-state index in [1.54, 1.807) is 0 Å². The minimum Gasteiger partial charge on any atom is -0.384 e. The van der Waals surface area contributed by atoms with Crippen molar-refractivity contribution in [2.24, 2.45) is 5.41 Å². The Labute approximate surface area is 298 Å². The van der Waals surface area contributed by atoms with E-state index in [0.29, 0.717) is 0 Å². The second-order valence-corrected chi connectivity index (χ2v) is 14.9. The summed E-state index contributed by atoms with van der Waals surface area (Å²) in [7, 11) is 0. The van der Waals surface area contributed by atoms with Crippen LogP contribution in [0.25, 0.3) is 38.3 Å². The first-order valence-electron chi connectivity index (χ1n) is 18.6. The minimum atomic E-state index is -0.660. The van der Waals surface area contributed by atoms with E-state index in [1.807, 2.05) is 30.3 Å². The van der Waals surface area contributed by atoms with Gasteiger partial charge >= 0.3 is 0 Å². The van der Waals surface area contributed by atoms with Gasteiger partial charge in [0.25, 0.3) is 0 Å². The first kappa shape index (κ1) is 33.8. The molecule has 1 aromatic heterocycles. The summed E-state index contributed by atoms with van der Waals surface area (Å²) in [5.74, 6) is 0.241. The lowest BCUT2D eigenvalue weighted by molar-refractivity contribution is 0.220. The molecule has 0 amide bonds. The molecule has 0 radical (unpaired) electrons. The number of aliphatic hydroxyl groups excluding tert-OH is 1. The number of rotatable bonds is 11. The van der Waals surface area contributed by atoms with Crippen molar-refractivity contribution in [2.45, 2.75) is 84.7 Å². The van der Waals surface area contributed by atoms with Gasteiger partial charge in [-0.2, -0.15) is 0 Å². The summed E-state index contributed by atoms with van der Waals surface area (Å²) in [6.45, 7) is 14.2. The molecule has 1 N–H and O–H groups in total. The zero-order valence-electron chi connectivity index (χ0n) is 30.6. The zero-order chi connectivity index (χ0) is 35.0. The van der Waals surface area contributed by atoms with E-state index in [4.69, 9.17) is 0 Å². The quantitative estimate of drug-likeness (QED) is 0.147. The topological polar surface area (TPSA) is 25.2 Å². The number of hydrogen-bond donors (Lipinski definition) is 1. The summed E-state index contributed by atoms with van der Waals surface area (Å²) in [4.78, 5) is 0. The molecule has 0 bridgehead atoms. The highest BCUT2D eigenvalue weighted by Crippen LogP contribution is 2.49. The molecule has 2 nitrogen and oxygen atoms in total. The van der Waals surface area contributed by atoms with Crippen molar-refractivity contribution in [3.63, 3.8) is 0 Å². The van der Waals surface area contributed by atoms with Crippen molar-refractivity contribution in [2.75, 3.05) is 0 Å². The molecule has 254 valence electrons. The fraction of sp³-hybridized carbons (Fsp3) is 0.292. The summed E-state index contributed by atoms with van der Waals surface area (Å²) < 4.78 is 2.41. The minimum absolute atomic E-state index is 0.0831. The van der Waals surface area contributed by atoms with E-state index in [-0.39, 0.29) is 16.7 Å². The summed E-state index contributed by atoms with van der Waals surface area (Å²) in [6, 6.07) is 48.5. The van der Waals surface area contributed by atoms with Crippen LogP contribution in [0.5, 0.6) is 0 Å². The van der Waals surface area contributed by atoms with E-state index in [1.165, 1.54) is 49.3 Å². The highest BCUT2D eigenvalue weighted by Gasteiger charge is 2.35. The van der Waals surface area contributed by atoms with Crippen molar-refractivity contribution >= 4 is 32.6 Å². The molecule has 0 fully saturated rings. The second kappa shape index (κ2) is 13.6. The third-order valence-corrected chi connectivity index (χ3v) is 12.4. The molecule has 0 aliphatic heterocycles. The van der Waals surface area contributed by atoms with Gasteiger partial charge in [-0.25, -0.2) is 0 Å². The lowest BCUT2D eigenvalue weighted by atomic mass is 9.66. The Balaban J connectivity index is 1.46. The van der Waals surface area contributed by atoms with Crippen LogP contribution < -0.4 is 0 Å². The maximum Gasteiger partial charge on any atom is 0.104 e. The fourth-order valence-corrected chi connectivity index (χ4v) is 8.28. The summed E-state index contributed by atoms with van der Waals surface area (Å²) in [6.07, 6.45) is 3.71. The van der Waals surface area contributed by atoms with Gasteiger partial charge in [-0.05, 0) is 112 Å². The Bertz CT molecular complexity index is 2250. The van der Waals surface area contributed by atoms with Crippen LogP contribution in [0.4, 0.5) is 0 Å². The molecule has 0 aliphatic rings. The average molecular weight is 658 g/mol. The highest BCUT2D eigenvalue weighted by atomic mass is 16.3. The van der Waals surface area contributed by atoms with Crippen LogP contribution >= 0.6 is 0 Å². The first-order valence-corrected chi connectivity index (χ1v) is 18.6. The Hall–Kier alpha value is -4.66. The Morgan fingerprint density at radius 3 is 1.80 bits per heavy atom. The van der Waals surface area contributed by atoms with Crippen LogP contribution in [0, 0.1) is 5.41 Å². The van der Waals surface area contributed by atoms with Gasteiger partial charge in [0, 0.05) is 22.4 Å². The number of benzene rings is 6. The van der Waals surface area contributed by atoms with E-state index in [2.05, 4.69) is 149 Å². The predicted octanol–water partition coefficient (Wildman–Crippen LogP) is 13.1. The van der Waals surface area contributed by atoms with Gasteiger partial charge in [-0.1, -0.05) is 139 Å². The normalized spacial score (nSPS) is 13.7. The molecule has 6 aromatic carbocycles. The van der Waals surface area contributed by atoms with Crippen LogP contribution in [0.1, 0.15) is 107 Å². The van der Waals surface area contributed by atoms with Gasteiger partial charge < -0.3 is 9.67 Å². The Kier molecular flexibility index (Phi) is 9.18. The number of nitrogens with zero attached hydrogens (tertiary/aromatic N) is 1. The van der Waals surface area contributed by atoms with Gasteiger partial charge in [0.15, 0.2) is 0 Å². The van der Waals surface area contributed by atoms with E-state index in [0.717, 1.165) is 42.5 Å². The molecular weight excluding hydrogens is 607 g/mol. The lowest BCUT2D eigenvalue weighted by Crippen LogP contribution is -2.25. The Morgan fingerprint density at radius 1 is 0.540 bits per heavy atom. The number of fused-ring (bicyclic) bond motifs is 4. The molecule has 0 spiro atoms. The SMILES string of the molecule is CCC(C)(CC)c1ccc2c(c1)c1cc(C(c3cccc4ccccc34)C(C)(CC)CC)ccc1n2-c1ccc(C(O)c2ccccc2)cc1. The molecule has 2 heteroatoms. The smallest absolute Gasteiger partial charge is 0.104 e. The van der Waals surface area contributed by atoms with Crippen molar-refractivity contribution < 1.29 is 5.11 Å². The standard InChI is InChI=1S/C48H51NO/c1-7-47(5,8-2)37-26-30-44-42(32-37)41-31-36(45(48(6,9-3)10-4)40-22-16-20-33-17-14-15-21-39(33)40)25-29-43(41)49(44)38-27-23-35(24-28-38)46(50)34-18-12-11-13-19-34/h11-32,45-46,50H,7-10H2,1-6H3. The van der Waals surface area contributed by atoms with Crippen LogP contribution in [0.2, 0.25) is 0 Å². The molecule has 7 rings (SSSR count). The number of hydrogen-bond acceptors (Lipinski definition) is 1. The van der Waals surface area contributed by atoms with Crippen molar-refractivity contribution in [1.82, 2.24) is 4.57 Å². The molecule has 50 heavy (non-hydrogen) atoms. The van der Waals surface area contributed by atoms with Crippen LogP contribution in [-0.4, -0.2) is 9.67 Å². The lowest BCUT2D eigenvalue weighted by Gasteiger charge is -2.38. The summed E-state index contributed by atoms with van der Waals surface area (Å²) in [5, 5.41) is 16.4. The molecule has 2 unspecified atom stereocenters. The average Bonchev–Trinajstić information content (AvgIpc) is 3.50. The maximum atomic E-state index is 11.2. The zero-order valence-corrected chi connectivity index (χ0v) is 30.6. The summed E-state index contributed by atoms with van der Waals surface area (Å²) >= 11 is 0. The van der Waals surface area contributed by atoms with Gasteiger partial charge in [-0.3, -0.25) is 0 Å². The maximum absolute atomic E-state index is 11.2. The molecule has 0 saturated carbocycles. The van der Waals surface area contributed by atoms with Crippen molar-refractivity contribution in [1.29, 1.82) is 0 Å². The van der Waals surface area contributed by atoms with E-state index >= 15 is 0 Å². The molecular formula is C48H51NO. The van der Waals surface area contributed by atoms with Gasteiger partial charge in [0.2, 0.25) is 0 Å². The molecule has 0 saturated heterocycles. The van der Waals surface area contributed by atoms with Gasteiger partial charge in [0.05, 0.1) is 11.0 Å². The third kappa shape index (κ3) is 5.74. The summed E-state index contributed by atoms with van der Waals surface area (Å²) in [5.41, 5.74) is 9.70. The van der Waals surface area contributed by atoms with Gasteiger partial charge in [0.1, 0.15) is 6.10 Å². The van der Waals surface area contributed by atoms with Crippen LogP contribution in [0.15, 0.2) is 133 Å². The first-order chi connectivity index (χ1) is 24.2. The van der Waals surface area contributed by atoms with Crippen LogP contribution in [-0.2, 0) is 5.41 Å². The fourth-order valence-electron chi connectivity index (χ4n) is 8.28. The third-order valence-electron chi connectivity index (χ3n) is 12.4. The van der Waals surface area contributed by atoms with Crippen molar-refractivity contribution in [3.05, 3.63) is 161 Å². The van der Waals surface area contributed by atoms with E-state index < -0.39 is 6.10 Å². The van der Waals surface area contributed by atoms with Gasteiger partial charge in [-0.15, -0.1) is 0 Å². The molecule has 2 atom stereocenters. The molecule has 0 aliphatic carbocycles. The largest absolute Gasteiger partial charge is 0.384 e. The predicted molar refractivity (Wildman–Crippen MR) is 214 cm³/mol. The molecule has 1 heterocycles. The van der Waals surface area contributed by atoms with Crippen LogP contribution in [0.3, 0.4) is 0 Å². The monoisotopic (exact) mass is 657 g/mol. The number of aromatic nitrogens is 1. The Morgan fingerprint density at radius 2 is 1.12 bits per heavy atom. The molecule has 7 aromatic rings. The second-order valence-electron chi connectivity index (χ2n) is 14.9. The van der Waals surface area contributed by atoms with Crippen molar-refractivity contribution in [3.8, 4) is 5.69 Å².